The van der Waals surface area contributed by atoms with Gasteiger partial charge in [-0.3, -0.25) is 9.59 Å². The van der Waals surface area contributed by atoms with Gasteiger partial charge < -0.3 is 9.80 Å². The molecule has 4 nitrogen and oxygen atoms in total. The van der Waals surface area contributed by atoms with E-state index in [0.29, 0.717) is 0 Å². The van der Waals surface area contributed by atoms with Crippen molar-refractivity contribution >= 4 is 11.8 Å². The van der Waals surface area contributed by atoms with Crippen molar-refractivity contribution in [2.45, 2.75) is 31.7 Å². The van der Waals surface area contributed by atoms with Gasteiger partial charge in [0, 0.05) is 26.6 Å². The zero-order valence-corrected chi connectivity index (χ0v) is 9.40. The van der Waals surface area contributed by atoms with Gasteiger partial charge in [0.15, 0.2) is 0 Å². The van der Waals surface area contributed by atoms with Crippen LogP contribution in [0.1, 0.15) is 25.7 Å². The first-order valence-corrected chi connectivity index (χ1v) is 5.63. The summed E-state index contributed by atoms with van der Waals surface area (Å²) in [5.74, 6) is 0.495. The van der Waals surface area contributed by atoms with E-state index in [1.165, 1.54) is 0 Å². The molecule has 0 aromatic heterocycles. The number of carbonyl (C=O) groups is 2. The Kier molecular flexibility index (Phi) is 2.67. The third-order valence-corrected chi connectivity index (χ3v) is 3.19. The number of likely N-dealkylation sites (tertiary alicyclic amines) is 1. The Bertz CT molecular complexity index is 264. The van der Waals surface area contributed by atoms with E-state index in [-0.39, 0.29) is 23.8 Å². The normalized spacial score (nSPS) is 25.5. The van der Waals surface area contributed by atoms with Crippen LogP contribution in [0.15, 0.2) is 0 Å². The summed E-state index contributed by atoms with van der Waals surface area (Å²) in [7, 11) is 3.50. The SMILES string of the molecule is CN(C)C(=O)C1CCCN1C(=O)C1CC1. The highest BCUT2D eigenvalue weighted by atomic mass is 16.2. The Balaban J connectivity index is 2.04. The second kappa shape index (κ2) is 3.83. The maximum Gasteiger partial charge on any atom is 0.244 e. The summed E-state index contributed by atoms with van der Waals surface area (Å²) >= 11 is 0. The van der Waals surface area contributed by atoms with Crippen molar-refractivity contribution in [1.29, 1.82) is 0 Å². The van der Waals surface area contributed by atoms with Gasteiger partial charge >= 0.3 is 0 Å². The molecule has 1 aliphatic carbocycles. The van der Waals surface area contributed by atoms with E-state index in [0.717, 1.165) is 32.2 Å². The molecule has 1 heterocycles. The Labute approximate surface area is 90.2 Å². The van der Waals surface area contributed by atoms with Crippen molar-refractivity contribution < 1.29 is 9.59 Å². The summed E-state index contributed by atoms with van der Waals surface area (Å²) in [6.07, 6.45) is 3.81. The maximum absolute atomic E-state index is 11.9. The number of likely N-dealkylation sites (N-methyl/N-ethyl adjacent to an activating group) is 1. The molecule has 1 unspecified atom stereocenters. The van der Waals surface area contributed by atoms with Crippen LogP contribution in [0.5, 0.6) is 0 Å². The number of amides is 2. The van der Waals surface area contributed by atoms with Crippen LogP contribution in [-0.2, 0) is 9.59 Å². The maximum atomic E-state index is 11.9. The van der Waals surface area contributed by atoms with Gasteiger partial charge in [-0.2, -0.15) is 0 Å². The predicted molar refractivity (Wildman–Crippen MR) is 56.2 cm³/mol. The van der Waals surface area contributed by atoms with Gasteiger partial charge in [0.1, 0.15) is 6.04 Å². The number of nitrogens with zero attached hydrogens (tertiary/aromatic N) is 2. The minimum Gasteiger partial charge on any atom is -0.347 e. The van der Waals surface area contributed by atoms with Gasteiger partial charge in [-0.1, -0.05) is 0 Å². The first kappa shape index (κ1) is 10.5. The van der Waals surface area contributed by atoms with Crippen LogP contribution < -0.4 is 0 Å². The summed E-state index contributed by atoms with van der Waals surface area (Å²) in [4.78, 5) is 27.1. The van der Waals surface area contributed by atoms with Crippen LogP contribution in [0, 0.1) is 5.92 Å². The highest BCUT2D eigenvalue weighted by Gasteiger charge is 2.41. The monoisotopic (exact) mass is 210 g/mol. The minimum absolute atomic E-state index is 0.0708. The third kappa shape index (κ3) is 1.98. The molecule has 0 aromatic rings. The molecule has 4 heteroatoms. The molecular weight excluding hydrogens is 192 g/mol. The topological polar surface area (TPSA) is 40.6 Å². The van der Waals surface area contributed by atoms with Gasteiger partial charge in [0.05, 0.1) is 0 Å². The van der Waals surface area contributed by atoms with Crippen molar-refractivity contribution in [3.63, 3.8) is 0 Å². The molecule has 1 aliphatic heterocycles. The number of hydrogen-bond acceptors (Lipinski definition) is 2. The molecule has 84 valence electrons. The molecule has 1 atom stereocenters. The molecule has 1 saturated carbocycles. The fourth-order valence-corrected chi connectivity index (χ4v) is 2.15. The van der Waals surface area contributed by atoms with E-state index in [9.17, 15) is 9.59 Å². The minimum atomic E-state index is -0.187. The van der Waals surface area contributed by atoms with Crippen LogP contribution >= 0.6 is 0 Å². The molecule has 15 heavy (non-hydrogen) atoms. The summed E-state index contributed by atoms with van der Waals surface area (Å²) < 4.78 is 0. The fourth-order valence-electron chi connectivity index (χ4n) is 2.15. The zero-order chi connectivity index (χ0) is 11.0. The van der Waals surface area contributed by atoms with Crippen LogP contribution in [0.25, 0.3) is 0 Å². The van der Waals surface area contributed by atoms with Crippen molar-refractivity contribution in [2.24, 2.45) is 5.92 Å². The quantitative estimate of drug-likeness (QED) is 0.665. The number of carbonyl (C=O) groups excluding carboxylic acids is 2. The molecule has 0 spiro atoms. The molecular formula is C11H18N2O2. The van der Waals surface area contributed by atoms with Crippen LogP contribution in [0.4, 0.5) is 0 Å². The van der Waals surface area contributed by atoms with E-state index < -0.39 is 0 Å². The van der Waals surface area contributed by atoms with E-state index >= 15 is 0 Å². The second-order valence-corrected chi connectivity index (χ2v) is 4.70. The number of hydrogen-bond donors (Lipinski definition) is 0. The first-order chi connectivity index (χ1) is 7.11. The predicted octanol–water partition coefficient (Wildman–Crippen LogP) is 0.476. The Morgan fingerprint density at radius 1 is 1.20 bits per heavy atom. The largest absolute Gasteiger partial charge is 0.347 e. The van der Waals surface area contributed by atoms with Crippen molar-refractivity contribution in [3.8, 4) is 0 Å². The zero-order valence-electron chi connectivity index (χ0n) is 9.40. The van der Waals surface area contributed by atoms with Gasteiger partial charge in [-0.25, -0.2) is 0 Å². The lowest BCUT2D eigenvalue weighted by atomic mass is 10.2. The Morgan fingerprint density at radius 3 is 2.40 bits per heavy atom. The van der Waals surface area contributed by atoms with Crippen molar-refractivity contribution in [3.05, 3.63) is 0 Å². The van der Waals surface area contributed by atoms with Crippen LogP contribution in [0.3, 0.4) is 0 Å². The molecule has 2 aliphatic rings. The van der Waals surface area contributed by atoms with E-state index in [4.69, 9.17) is 0 Å². The molecule has 2 amide bonds. The lowest BCUT2D eigenvalue weighted by molar-refractivity contribution is -0.143. The molecule has 2 fully saturated rings. The molecule has 0 aromatic carbocycles. The van der Waals surface area contributed by atoms with Crippen molar-refractivity contribution in [1.82, 2.24) is 9.80 Å². The second-order valence-electron chi connectivity index (χ2n) is 4.70. The lowest BCUT2D eigenvalue weighted by Gasteiger charge is -2.26. The average Bonchev–Trinajstić information content (AvgIpc) is 2.93. The van der Waals surface area contributed by atoms with E-state index in [1.54, 1.807) is 23.9 Å². The number of rotatable bonds is 2. The smallest absolute Gasteiger partial charge is 0.244 e. The lowest BCUT2D eigenvalue weighted by Crippen LogP contribution is -2.46. The van der Waals surface area contributed by atoms with Gasteiger partial charge in [0.2, 0.25) is 11.8 Å². The highest BCUT2D eigenvalue weighted by Crippen LogP contribution is 2.33. The van der Waals surface area contributed by atoms with E-state index in [1.807, 2.05) is 0 Å². The summed E-state index contributed by atoms with van der Waals surface area (Å²) in [5.41, 5.74) is 0. The molecule has 0 radical (unpaired) electrons. The molecule has 0 N–H and O–H groups in total. The fraction of sp³-hybridized carbons (Fsp3) is 0.818. The highest BCUT2D eigenvalue weighted by molar-refractivity contribution is 5.89. The third-order valence-electron chi connectivity index (χ3n) is 3.19. The molecule has 1 saturated heterocycles. The van der Waals surface area contributed by atoms with Gasteiger partial charge in [-0.05, 0) is 25.7 Å². The van der Waals surface area contributed by atoms with Crippen LogP contribution in [-0.4, -0.2) is 48.3 Å². The average molecular weight is 210 g/mol. The molecule has 2 rings (SSSR count). The van der Waals surface area contributed by atoms with Gasteiger partial charge in [0.25, 0.3) is 0 Å². The van der Waals surface area contributed by atoms with Crippen molar-refractivity contribution in [2.75, 3.05) is 20.6 Å². The summed E-state index contributed by atoms with van der Waals surface area (Å²) in [5, 5.41) is 0. The first-order valence-electron chi connectivity index (χ1n) is 5.63. The molecule has 0 bridgehead atoms. The Hall–Kier alpha value is -1.06. The summed E-state index contributed by atoms with van der Waals surface area (Å²) in [6, 6.07) is -0.187. The van der Waals surface area contributed by atoms with Gasteiger partial charge in [-0.15, -0.1) is 0 Å². The summed E-state index contributed by atoms with van der Waals surface area (Å²) in [6.45, 7) is 0.763. The van der Waals surface area contributed by atoms with E-state index in [2.05, 4.69) is 0 Å². The standard InChI is InChI=1S/C11H18N2O2/c1-12(2)11(15)9-4-3-7-13(9)10(14)8-5-6-8/h8-9H,3-7H2,1-2H3. The van der Waals surface area contributed by atoms with Crippen LogP contribution in [0.2, 0.25) is 0 Å². The Morgan fingerprint density at radius 2 is 1.87 bits per heavy atom.